The van der Waals surface area contributed by atoms with Crippen molar-refractivity contribution in [1.29, 1.82) is 0 Å². The number of nitrogens with zero attached hydrogens (tertiary/aromatic N) is 5. The Morgan fingerprint density at radius 1 is 1.17 bits per heavy atom. The molecule has 0 bridgehead atoms. The first kappa shape index (κ1) is 24.3. The lowest BCUT2D eigenvalue weighted by atomic mass is 10.1. The Morgan fingerprint density at radius 2 is 1.93 bits per heavy atom. The van der Waals surface area contributed by atoms with Gasteiger partial charge in [0.1, 0.15) is 11.6 Å². The summed E-state index contributed by atoms with van der Waals surface area (Å²) in [5, 5.41) is 3.41. The monoisotopic (exact) mass is 526 g/mol. The molecule has 0 aliphatic carbocycles. The SMILES string of the molecule is CCNC(=NCC(c1cccc(F)c1)N(C)C)N1CCN(c2ccccn2)CC1.I. The van der Waals surface area contributed by atoms with Gasteiger partial charge in [0.15, 0.2) is 5.96 Å². The predicted octanol–water partition coefficient (Wildman–Crippen LogP) is 3.23. The molecule has 1 saturated heterocycles. The first-order valence-corrected chi connectivity index (χ1v) is 10.2. The van der Waals surface area contributed by atoms with E-state index in [4.69, 9.17) is 4.99 Å². The number of likely N-dealkylation sites (N-methyl/N-ethyl adjacent to an activating group) is 1. The molecule has 3 rings (SSSR count). The topological polar surface area (TPSA) is 47.0 Å². The Balaban J connectivity index is 0.00000320. The second-order valence-electron chi connectivity index (χ2n) is 7.39. The smallest absolute Gasteiger partial charge is 0.194 e. The standard InChI is InChI=1S/C22H31FN6.HI/c1-4-24-22(26-17-20(27(2)3)18-8-7-9-19(23)16-18)29-14-12-28(13-15-29)21-10-5-6-11-25-21;/h5-11,16,20H,4,12-15,17H2,1-3H3,(H,24,26);1H. The Kier molecular flexibility index (Phi) is 9.77. The second-order valence-corrected chi connectivity index (χ2v) is 7.39. The number of hydrogen-bond donors (Lipinski definition) is 1. The van der Waals surface area contributed by atoms with Crippen LogP contribution in [0.3, 0.4) is 0 Å². The number of pyridine rings is 1. The molecule has 1 atom stereocenters. The zero-order valence-corrected chi connectivity index (χ0v) is 20.3. The van der Waals surface area contributed by atoms with Crippen molar-refractivity contribution >= 4 is 35.8 Å². The largest absolute Gasteiger partial charge is 0.357 e. The molecule has 1 aromatic heterocycles. The zero-order valence-electron chi connectivity index (χ0n) is 18.0. The minimum absolute atomic E-state index is 0. The Hall–Kier alpha value is -1.94. The fourth-order valence-corrected chi connectivity index (χ4v) is 3.57. The number of anilines is 1. The molecule has 1 aliphatic rings. The van der Waals surface area contributed by atoms with Crippen molar-refractivity contribution < 1.29 is 4.39 Å². The highest BCUT2D eigenvalue weighted by Gasteiger charge is 2.21. The molecule has 30 heavy (non-hydrogen) atoms. The van der Waals surface area contributed by atoms with E-state index in [0.29, 0.717) is 6.54 Å². The molecule has 8 heteroatoms. The summed E-state index contributed by atoms with van der Waals surface area (Å²) in [5.41, 5.74) is 0.939. The molecule has 6 nitrogen and oxygen atoms in total. The molecule has 2 aromatic rings. The van der Waals surface area contributed by atoms with Crippen LogP contribution in [0.2, 0.25) is 0 Å². The van der Waals surface area contributed by atoms with Crippen LogP contribution in [0.25, 0.3) is 0 Å². The quantitative estimate of drug-likeness (QED) is 0.356. The number of hydrogen-bond acceptors (Lipinski definition) is 4. The number of aliphatic imine (C=N–C) groups is 1. The van der Waals surface area contributed by atoms with Gasteiger partial charge in [0.25, 0.3) is 0 Å². The maximum atomic E-state index is 13.7. The Morgan fingerprint density at radius 3 is 2.53 bits per heavy atom. The third-order valence-corrected chi connectivity index (χ3v) is 5.16. The van der Waals surface area contributed by atoms with Crippen molar-refractivity contribution in [3.8, 4) is 0 Å². The molecule has 1 unspecified atom stereocenters. The van der Waals surface area contributed by atoms with E-state index in [1.54, 1.807) is 12.1 Å². The van der Waals surface area contributed by atoms with Gasteiger partial charge in [0, 0.05) is 38.9 Å². The van der Waals surface area contributed by atoms with E-state index in [1.807, 2.05) is 38.5 Å². The fraction of sp³-hybridized carbons (Fsp3) is 0.455. The van der Waals surface area contributed by atoms with E-state index >= 15 is 0 Å². The normalized spacial score (nSPS) is 15.7. The van der Waals surface area contributed by atoms with Gasteiger partial charge in [0.05, 0.1) is 12.6 Å². The number of halogens is 2. The van der Waals surface area contributed by atoms with Gasteiger partial charge in [-0.1, -0.05) is 18.2 Å². The molecule has 0 radical (unpaired) electrons. The van der Waals surface area contributed by atoms with Crippen molar-refractivity contribution in [2.45, 2.75) is 13.0 Å². The van der Waals surface area contributed by atoms with Crippen LogP contribution in [0.1, 0.15) is 18.5 Å². The highest BCUT2D eigenvalue weighted by molar-refractivity contribution is 14.0. The summed E-state index contributed by atoms with van der Waals surface area (Å²) >= 11 is 0. The average Bonchev–Trinajstić information content (AvgIpc) is 2.74. The fourth-order valence-electron chi connectivity index (χ4n) is 3.57. The number of piperazine rings is 1. The molecule has 164 valence electrons. The zero-order chi connectivity index (χ0) is 20.6. The number of nitrogens with one attached hydrogen (secondary N) is 1. The molecule has 1 aromatic carbocycles. The first-order chi connectivity index (χ1) is 14.1. The van der Waals surface area contributed by atoms with E-state index in [0.717, 1.165) is 50.1 Å². The molecule has 0 spiro atoms. The number of aromatic nitrogens is 1. The van der Waals surface area contributed by atoms with Crippen LogP contribution in [0.5, 0.6) is 0 Å². The third-order valence-electron chi connectivity index (χ3n) is 5.16. The lowest BCUT2D eigenvalue weighted by molar-refractivity contribution is 0.303. The lowest BCUT2D eigenvalue weighted by Gasteiger charge is -2.37. The minimum Gasteiger partial charge on any atom is -0.357 e. The third kappa shape index (κ3) is 6.53. The summed E-state index contributed by atoms with van der Waals surface area (Å²) in [5.74, 6) is 1.72. The minimum atomic E-state index is -0.212. The van der Waals surface area contributed by atoms with Gasteiger partial charge in [0.2, 0.25) is 0 Å². The van der Waals surface area contributed by atoms with Crippen LogP contribution in [0.4, 0.5) is 10.2 Å². The van der Waals surface area contributed by atoms with E-state index in [-0.39, 0.29) is 35.8 Å². The van der Waals surface area contributed by atoms with Crippen LogP contribution >= 0.6 is 24.0 Å². The molecular weight excluding hydrogens is 494 g/mol. The highest BCUT2D eigenvalue weighted by atomic mass is 127. The van der Waals surface area contributed by atoms with Crippen LogP contribution in [0.15, 0.2) is 53.7 Å². The van der Waals surface area contributed by atoms with Crippen LogP contribution in [0, 0.1) is 5.82 Å². The molecule has 2 heterocycles. The van der Waals surface area contributed by atoms with Gasteiger partial charge in [-0.2, -0.15) is 0 Å². The molecule has 0 saturated carbocycles. The number of guanidine groups is 1. The van der Waals surface area contributed by atoms with E-state index in [2.05, 4.69) is 38.0 Å². The summed E-state index contributed by atoms with van der Waals surface area (Å²) in [4.78, 5) is 16.0. The van der Waals surface area contributed by atoms with E-state index in [1.165, 1.54) is 6.07 Å². The maximum Gasteiger partial charge on any atom is 0.194 e. The predicted molar refractivity (Wildman–Crippen MR) is 132 cm³/mol. The van der Waals surface area contributed by atoms with E-state index in [9.17, 15) is 4.39 Å². The van der Waals surface area contributed by atoms with Gasteiger partial charge in [-0.15, -0.1) is 24.0 Å². The van der Waals surface area contributed by atoms with Gasteiger partial charge in [-0.25, -0.2) is 9.37 Å². The molecule has 1 fully saturated rings. The molecule has 0 amide bonds. The van der Waals surface area contributed by atoms with Crippen molar-refractivity contribution in [1.82, 2.24) is 20.1 Å². The summed E-state index contributed by atoms with van der Waals surface area (Å²) in [6.07, 6.45) is 1.83. The summed E-state index contributed by atoms with van der Waals surface area (Å²) in [6.45, 7) is 7.04. The van der Waals surface area contributed by atoms with Crippen molar-refractivity contribution in [3.05, 3.63) is 60.0 Å². The second kappa shape index (κ2) is 12.0. The Labute approximate surface area is 196 Å². The van der Waals surface area contributed by atoms with Crippen LogP contribution < -0.4 is 10.2 Å². The van der Waals surface area contributed by atoms with Crippen molar-refractivity contribution in [2.24, 2.45) is 4.99 Å². The highest BCUT2D eigenvalue weighted by Crippen LogP contribution is 2.20. The maximum absolute atomic E-state index is 13.7. The van der Waals surface area contributed by atoms with E-state index < -0.39 is 0 Å². The summed E-state index contributed by atoms with van der Waals surface area (Å²) in [6, 6.07) is 12.8. The summed E-state index contributed by atoms with van der Waals surface area (Å²) in [7, 11) is 4.01. The first-order valence-electron chi connectivity index (χ1n) is 10.2. The van der Waals surface area contributed by atoms with Gasteiger partial charge < -0.3 is 20.0 Å². The van der Waals surface area contributed by atoms with Gasteiger partial charge in [-0.05, 0) is 50.8 Å². The van der Waals surface area contributed by atoms with Crippen LogP contribution in [-0.4, -0.2) is 74.1 Å². The molecular formula is C22H32FIN6. The average molecular weight is 526 g/mol. The molecule has 1 aliphatic heterocycles. The molecule has 1 N–H and O–H groups in total. The number of rotatable bonds is 6. The van der Waals surface area contributed by atoms with Gasteiger partial charge in [-0.3, -0.25) is 4.99 Å². The summed E-state index contributed by atoms with van der Waals surface area (Å²) < 4.78 is 13.7. The van der Waals surface area contributed by atoms with Crippen molar-refractivity contribution in [3.63, 3.8) is 0 Å². The lowest BCUT2D eigenvalue weighted by Crippen LogP contribution is -2.53. The van der Waals surface area contributed by atoms with Crippen LogP contribution in [-0.2, 0) is 0 Å². The van der Waals surface area contributed by atoms with Gasteiger partial charge >= 0.3 is 0 Å². The van der Waals surface area contributed by atoms with Crippen molar-refractivity contribution in [2.75, 3.05) is 58.3 Å². The Bertz CT molecular complexity index is 793. The number of benzene rings is 1.